The lowest BCUT2D eigenvalue weighted by Gasteiger charge is -2.29. The van der Waals surface area contributed by atoms with Gasteiger partial charge in [0.2, 0.25) is 27.7 Å². The molecule has 0 saturated heterocycles. The minimum Gasteiger partial charge on any atom is -0.361 e. The second kappa shape index (κ2) is 14.6. The molecule has 1 fully saturated rings. The van der Waals surface area contributed by atoms with Crippen LogP contribution in [0, 0.1) is 5.82 Å². The number of rotatable bonds is 15. The third-order valence-electron chi connectivity index (χ3n) is 7.01. The molecule has 11 nitrogen and oxygen atoms in total. The number of hydroxylamine groups is 1. The maximum Gasteiger partial charge on any atom is 0.243 e. The van der Waals surface area contributed by atoms with Gasteiger partial charge in [0.1, 0.15) is 17.9 Å². The number of halogens is 1. The highest BCUT2D eigenvalue weighted by atomic mass is 32.2. The molecule has 42 heavy (non-hydrogen) atoms. The Balaban J connectivity index is 1.52. The molecular weight excluding hydrogens is 585 g/mol. The number of aromatic amines is 1. The van der Waals surface area contributed by atoms with Crippen LogP contribution >= 0.6 is 11.8 Å². The highest BCUT2D eigenvalue weighted by molar-refractivity contribution is 7.99. The van der Waals surface area contributed by atoms with Crippen LogP contribution < -0.4 is 20.8 Å². The van der Waals surface area contributed by atoms with E-state index in [1.165, 1.54) is 23.9 Å². The molecule has 0 unspecified atom stereocenters. The number of amides is 3. The number of aromatic nitrogens is 1. The first-order valence-electron chi connectivity index (χ1n) is 13.6. The van der Waals surface area contributed by atoms with Gasteiger partial charge in [-0.15, -0.1) is 0 Å². The van der Waals surface area contributed by atoms with E-state index >= 15 is 0 Å². The zero-order chi connectivity index (χ0) is 30.1. The molecule has 6 N–H and O–H groups in total. The average Bonchev–Trinajstić information content (AvgIpc) is 3.36. The second-order valence-corrected chi connectivity index (χ2v) is 13.0. The zero-order valence-corrected chi connectivity index (χ0v) is 24.4. The van der Waals surface area contributed by atoms with E-state index in [2.05, 4.69) is 20.3 Å². The number of carbonyl (C=O) groups is 3. The van der Waals surface area contributed by atoms with Gasteiger partial charge in [-0.25, -0.2) is 18.3 Å². The van der Waals surface area contributed by atoms with Crippen molar-refractivity contribution < 1.29 is 32.4 Å². The van der Waals surface area contributed by atoms with Gasteiger partial charge in [0.15, 0.2) is 0 Å². The number of hydrogen-bond acceptors (Lipinski definition) is 7. The van der Waals surface area contributed by atoms with Gasteiger partial charge >= 0.3 is 0 Å². The van der Waals surface area contributed by atoms with E-state index in [0.29, 0.717) is 12.2 Å². The third kappa shape index (κ3) is 8.53. The Morgan fingerprint density at radius 3 is 2.57 bits per heavy atom. The molecule has 0 aliphatic heterocycles. The monoisotopic (exact) mass is 619 g/mol. The molecule has 14 heteroatoms. The molecule has 2 aromatic carbocycles. The molecule has 4 rings (SSSR count). The molecule has 1 saturated carbocycles. The smallest absolute Gasteiger partial charge is 0.243 e. The van der Waals surface area contributed by atoms with E-state index in [1.807, 2.05) is 24.3 Å². The van der Waals surface area contributed by atoms with Crippen LogP contribution in [0.1, 0.15) is 37.7 Å². The maximum absolute atomic E-state index is 13.8. The van der Waals surface area contributed by atoms with Crippen molar-refractivity contribution in [3.63, 3.8) is 0 Å². The van der Waals surface area contributed by atoms with Crippen LogP contribution in [0.25, 0.3) is 10.9 Å². The molecular formula is C28H34FN5O6S2. The van der Waals surface area contributed by atoms with Crippen molar-refractivity contribution in [3.05, 3.63) is 66.1 Å². The highest BCUT2D eigenvalue weighted by Gasteiger charge is 2.31. The summed E-state index contributed by atoms with van der Waals surface area (Å²) in [7, 11) is -4.30. The van der Waals surface area contributed by atoms with Crippen LogP contribution in [0.5, 0.6) is 0 Å². The number of hydrogen-bond donors (Lipinski definition) is 6. The average molecular weight is 620 g/mol. The lowest BCUT2D eigenvalue weighted by Crippen LogP contribution is -2.56. The van der Waals surface area contributed by atoms with Crippen LogP contribution in [-0.2, 0) is 30.8 Å². The van der Waals surface area contributed by atoms with Crippen LogP contribution in [-0.4, -0.2) is 66.0 Å². The number of H-pyrrole nitrogens is 1. The van der Waals surface area contributed by atoms with Gasteiger partial charge in [-0.1, -0.05) is 24.3 Å². The van der Waals surface area contributed by atoms with Crippen LogP contribution in [0.15, 0.2) is 59.6 Å². The van der Waals surface area contributed by atoms with Crippen LogP contribution in [0.4, 0.5) is 4.39 Å². The summed E-state index contributed by atoms with van der Waals surface area (Å²) < 4.78 is 42.4. The minimum absolute atomic E-state index is 0.0221. The molecule has 0 spiro atoms. The number of nitrogens with one attached hydrogen (secondary N) is 5. The summed E-state index contributed by atoms with van der Waals surface area (Å²) in [5.74, 6) is -2.03. The Bertz CT molecular complexity index is 1510. The van der Waals surface area contributed by atoms with Crippen molar-refractivity contribution in [2.45, 2.75) is 61.5 Å². The summed E-state index contributed by atoms with van der Waals surface area (Å²) in [5, 5.41) is 15.3. The molecule has 2 atom stereocenters. The highest BCUT2D eigenvalue weighted by Crippen LogP contribution is 2.21. The summed E-state index contributed by atoms with van der Waals surface area (Å²) in [6.07, 6.45) is 5.06. The Morgan fingerprint density at radius 1 is 1.07 bits per heavy atom. The number of fused-ring (bicyclic) bond motifs is 1. The molecule has 1 heterocycles. The van der Waals surface area contributed by atoms with Gasteiger partial charge < -0.3 is 15.6 Å². The first-order valence-corrected chi connectivity index (χ1v) is 16.2. The molecule has 0 radical (unpaired) electrons. The SMILES string of the molecule is O=C(CCCSC[C@H](NS(=O)(=O)c1cccc(F)c1)C(=O)N[C@@H](Cc1c[nH]c2ccccc12)C(=O)NC1CCC1)NO. The fourth-order valence-corrected chi connectivity index (χ4v) is 6.82. The number of carbonyl (C=O) groups excluding carboxylic acids is 3. The molecule has 3 amide bonds. The van der Waals surface area contributed by atoms with E-state index in [9.17, 15) is 27.2 Å². The zero-order valence-electron chi connectivity index (χ0n) is 22.8. The third-order valence-corrected chi connectivity index (χ3v) is 9.62. The van der Waals surface area contributed by atoms with Crippen LogP contribution in [0.3, 0.4) is 0 Å². The maximum atomic E-state index is 13.8. The van der Waals surface area contributed by atoms with E-state index in [1.54, 1.807) is 11.7 Å². The first-order chi connectivity index (χ1) is 20.2. The largest absolute Gasteiger partial charge is 0.361 e. The number of sulfonamides is 1. The Morgan fingerprint density at radius 2 is 1.86 bits per heavy atom. The molecule has 1 aliphatic carbocycles. The van der Waals surface area contributed by atoms with Crippen molar-refractivity contribution >= 4 is 50.4 Å². The fraction of sp³-hybridized carbons (Fsp3) is 0.393. The van der Waals surface area contributed by atoms with E-state index < -0.39 is 39.7 Å². The van der Waals surface area contributed by atoms with Gasteiger partial charge in [0.05, 0.1) is 4.90 Å². The lowest BCUT2D eigenvalue weighted by molar-refractivity contribution is -0.130. The summed E-state index contributed by atoms with van der Waals surface area (Å²) >= 11 is 1.22. The first kappa shape index (κ1) is 31.5. The van der Waals surface area contributed by atoms with Gasteiger partial charge in [-0.2, -0.15) is 16.5 Å². The Kier molecular flexibility index (Phi) is 11.0. The number of thioether (sulfide) groups is 1. The van der Waals surface area contributed by atoms with Crippen molar-refractivity contribution in [3.8, 4) is 0 Å². The van der Waals surface area contributed by atoms with E-state index in [-0.39, 0.29) is 35.4 Å². The predicted molar refractivity (Wildman–Crippen MR) is 157 cm³/mol. The van der Waals surface area contributed by atoms with Crippen molar-refractivity contribution in [1.29, 1.82) is 0 Å². The normalized spacial score (nSPS) is 15.0. The van der Waals surface area contributed by atoms with E-state index in [0.717, 1.165) is 47.9 Å². The summed E-state index contributed by atoms with van der Waals surface area (Å²) in [6.45, 7) is 0. The van der Waals surface area contributed by atoms with E-state index in [4.69, 9.17) is 5.21 Å². The standard InChI is InChI=1S/C28H34FN5O6S2/c29-19-6-3-9-21(15-19)42(39,40)34-25(17-41-13-5-12-26(35)33-38)28(37)32-24(27(36)31-20-7-4-8-20)14-18-16-30-23-11-2-1-10-22(18)23/h1-3,6,9-11,15-16,20,24-25,30,34,38H,4-5,7-8,12-14,17H2,(H,31,36)(H,32,37)(H,33,35)/t24-,25-/m0/s1. The predicted octanol–water partition coefficient (Wildman–Crippen LogP) is 2.37. The van der Waals surface area contributed by atoms with Crippen molar-refractivity contribution in [2.75, 3.05) is 11.5 Å². The summed E-state index contributed by atoms with van der Waals surface area (Å²) in [4.78, 5) is 41.0. The summed E-state index contributed by atoms with van der Waals surface area (Å²) in [6, 6.07) is 9.72. The number of para-hydroxylation sites is 1. The topological polar surface area (TPSA) is 169 Å². The Labute approximate surface area is 247 Å². The molecule has 1 aliphatic rings. The molecule has 1 aromatic heterocycles. The van der Waals surface area contributed by atoms with Crippen molar-refractivity contribution in [1.82, 2.24) is 25.8 Å². The minimum atomic E-state index is -4.30. The Hall–Kier alpha value is -3.46. The lowest BCUT2D eigenvalue weighted by atomic mass is 9.92. The molecule has 3 aromatic rings. The van der Waals surface area contributed by atoms with Gasteiger partial charge in [-0.05, 0) is 61.3 Å². The second-order valence-electron chi connectivity index (χ2n) is 10.1. The van der Waals surface area contributed by atoms with Crippen molar-refractivity contribution in [2.24, 2.45) is 0 Å². The van der Waals surface area contributed by atoms with Gasteiger partial charge in [0, 0.05) is 41.7 Å². The van der Waals surface area contributed by atoms with Gasteiger partial charge in [-0.3, -0.25) is 19.6 Å². The fourth-order valence-electron chi connectivity index (χ4n) is 4.50. The van der Waals surface area contributed by atoms with Crippen LogP contribution in [0.2, 0.25) is 0 Å². The number of benzene rings is 2. The molecule has 0 bridgehead atoms. The molecule has 226 valence electrons. The summed E-state index contributed by atoms with van der Waals surface area (Å²) in [5.41, 5.74) is 3.24. The quantitative estimate of drug-likeness (QED) is 0.0862. The van der Waals surface area contributed by atoms with Gasteiger partial charge in [0.25, 0.3) is 0 Å².